The summed E-state index contributed by atoms with van der Waals surface area (Å²) < 4.78 is 27.4. The highest BCUT2D eigenvalue weighted by Crippen LogP contribution is 2.27. The van der Waals surface area contributed by atoms with Gasteiger partial charge < -0.3 is 5.32 Å². The van der Waals surface area contributed by atoms with E-state index in [1.807, 2.05) is 0 Å². The maximum Gasteiger partial charge on any atom is 0.274 e. The summed E-state index contributed by atoms with van der Waals surface area (Å²) in [5.41, 5.74) is 0.819. The van der Waals surface area contributed by atoms with Crippen molar-refractivity contribution in [1.29, 1.82) is 0 Å². The van der Waals surface area contributed by atoms with E-state index < -0.39 is 22.6 Å². The first kappa shape index (κ1) is 14.9. The fourth-order valence-electron chi connectivity index (χ4n) is 2.14. The van der Waals surface area contributed by atoms with Crippen molar-refractivity contribution in [1.82, 2.24) is 0 Å². The molecule has 0 aliphatic carbocycles. The van der Waals surface area contributed by atoms with E-state index in [2.05, 4.69) is 5.32 Å². The summed E-state index contributed by atoms with van der Waals surface area (Å²) in [5.74, 6) is -1.31. The number of nitrogens with zero attached hydrogens (tertiary/aromatic N) is 1. The molecule has 0 bridgehead atoms. The second-order valence-electron chi connectivity index (χ2n) is 4.76. The summed E-state index contributed by atoms with van der Waals surface area (Å²) in [7, 11) is 0. The summed E-state index contributed by atoms with van der Waals surface area (Å²) in [4.78, 5) is 10.4. The van der Waals surface area contributed by atoms with E-state index in [-0.39, 0.29) is 11.3 Å². The van der Waals surface area contributed by atoms with Crippen molar-refractivity contribution in [2.24, 2.45) is 0 Å². The lowest BCUT2D eigenvalue weighted by Crippen LogP contribution is -2.11. The highest BCUT2D eigenvalue weighted by atomic mass is 19.1. The molecule has 0 radical (unpaired) electrons. The Hall–Kier alpha value is -2.50. The molecule has 1 N–H and O–H groups in total. The lowest BCUT2D eigenvalue weighted by Gasteiger charge is -2.17. The van der Waals surface area contributed by atoms with Gasteiger partial charge in [0.1, 0.15) is 11.6 Å². The van der Waals surface area contributed by atoms with Crippen LogP contribution >= 0.6 is 0 Å². The van der Waals surface area contributed by atoms with Gasteiger partial charge in [0.25, 0.3) is 5.69 Å². The third kappa shape index (κ3) is 3.16. The number of rotatable bonds is 4. The van der Waals surface area contributed by atoms with Crippen molar-refractivity contribution in [2.45, 2.75) is 19.9 Å². The lowest BCUT2D eigenvalue weighted by molar-refractivity contribution is -0.385. The van der Waals surface area contributed by atoms with Crippen LogP contribution in [0, 0.1) is 28.7 Å². The Bertz CT molecular complexity index is 669. The average Bonchev–Trinajstić information content (AvgIpc) is 2.40. The molecule has 1 unspecified atom stereocenters. The number of nitro benzene ring substituents is 1. The van der Waals surface area contributed by atoms with Gasteiger partial charge >= 0.3 is 0 Å². The van der Waals surface area contributed by atoms with Gasteiger partial charge in [0.05, 0.1) is 11.0 Å². The van der Waals surface area contributed by atoms with Crippen molar-refractivity contribution in [3.63, 3.8) is 0 Å². The molecular formula is C15H14F2N2O2. The fourth-order valence-corrected chi connectivity index (χ4v) is 2.14. The molecule has 0 fully saturated rings. The van der Waals surface area contributed by atoms with Crippen LogP contribution < -0.4 is 5.32 Å². The summed E-state index contributed by atoms with van der Waals surface area (Å²) in [6, 6.07) is 7.56. The van der Waals surface area contributed by atoms with E-state index in [0.29, 0.717) is 11.3 Å². The zero-order valence-electron chi connectivity index (χ0n) is 11.6. The Labute approximate surface area is 120 Å². The average molecular weight is 292 g/mol. The normalized spacial score (nSPS) is 12.0. The zero-order chi connectivity index (χ0) is 15.6. The lowest BCUT2D eigenvalue weighted by atomic mass is 10.1. The first-order valence-electron chi connectivity index (χ1n) is 6.35. The van der Waals surface area contributed by atoms with E-state index in [1.54, 1.807) is 26.0 Å². The van der Waals surface area contributed by atoms with Gasteiger partial charge in [0.15, 0.2) is 0 Å². The van der Waals surface area contributed by atoms with Gasteiger partial charge in [-0.3, -0.25) is 10.1 Å². The van der Waals surface area contributed by atoms with Crippen LogP contribution in [0.5, 0.6) is 0 Å². The Morgan fingerprint density at radius 3 is 2.38 bits per heavy atom. The maximum atomic E-state index is 13.7. The maximum absolute atomic E-state index is 13.7. The molecule has 21 heavy (non-hydrogen) atoms. The Morgan fingerprint density at radius 2 is 1.81 bits per heavy atom. The monoisotopic (exact) mass is 292 g/mol. The Kier molecular flexibility index (Phi) is 4.16. The Balaban J connectivity index is 2.30. The summed E-state index contributed by atoms with van der Waals surface area (Å²) in [6.07, 6.45) is 0. The molecule has 0 aliphatic heterocycles. The molecular weight excluding hydrogens is 278 g/mol. The number of hydrogen-bond donors (Lipinski definition) is 1. The summed E-state index contributed by atoms with van der Waals surface area (Å²) in [5, 5.41) is 13.8. The van der Waals surface area contributed by atoms with E-state index in [1.165, 1.54) is 24.3 Å². The number of halogens is 2. The topological polar surface area (TPSA) is 55.2 Å². The zero-order valence-corrected chi connectivity index (χ0v) is 11.6. The van der Waals surface area contributed by atoms with E-state index in [4.69, 9.17) is 0 Å². The molecule has 0 amide bonds. The number of benzene rings is 2. The van der Waals surface area contributed by atoms with Gasteiger partial charge in [0.2, 0.25) is 0 Å². The minimum atomic E-state index is -0.659. The fraction of sp³-hybridized carbons (Fsp3) is 0.200. The molecule has 2 aromatic rings. The first-order chi connectivity index (χ1) is 9.90. The molecule has 0 saturated carbocycles. The molecule has 2 rings (SSSR count). The van der Waals surface area contributed by atoms with E-state index in [0.717, 1.165) is 0 Å². The standard InChI is InChI=1S/C15H14F2N2O2/c1-9-6-7-11(8-14(9)19(20)21)18-10(2)15-12(16)4-3-5-13(15)17/h3-8,10,18H,1-2H3. The summed E-state index contributed by atoms with van der Waals surface area (Å²) >= 11 is 0. The predicted octanol–water partition coefficient (Wildman–Crippen LogP) is 4.35. The van der Waals surface area contributed by atoms with E-state index in [9.17, 15) is 18.9 Å². The molecule has 0 heterocycles. The largest absolute Gasteiger partial charge is 0.378 e. The van der Waals surface area contributed by atoms with Gasteiger partial charge in [-0.1, -0.05) is 12.1 Å². The van der Waals surface area contributed by atoms with Crippen LogP contribution in [-0.2, 0) is 0 Å². The number of anilines is 1. The van der Waals surface area contributed by atoms with Gasteiger partial charge in [0, 0.05) is 22.9 Å². The summed E-state index contributed by atoms with van der Waals surface area (Å²) in [6.45, 7) is 3.22. The van der Waals surface area contributed by atoms with Crippen molar-refractivity contribution in [2.75, 3.05) is 5.32 Å². The second kappa shape index (κ2) is 5.87. The van der Waals surface area contributed by atoms with Crippen molar-refractivity contribution < 1.29 is 13.7 Å². The van der Waals surface area contributed by atoms with Crippen molar-refractivity contribution >= 4 is 11.4 Å². The number of nitrogens with one attached hydrogen (secondary N) is 1. The molecule has 0 aliphatic rings. The van der Waals surface area contributed by atoms with Crippen LogP contribution in [0.15, 0.2) is 36.4 Å². The smallest absolute Gasteiger partial charge is 0.274 e. The first-order valence-corrected chi connectivity index (χ1v) is 6.35. The SMILES string of the molecule is Cc1ccc(NC(C)c2c(F)cccc2F)cc1[N+](=O)[O-]. The number of hydrogen-bond acceptors (Lipinski definition) is 3. The van der Waals surface area contributed by atoms with Gasteiger partial charge in [-0.25, -0.2) is 8.78 Å². The van der Waals surface area contributed by atoms with Crippen molar-refractivity contribution in [3.05, 3.63) is 69.3 Å². The van der Waals surface area contributed by atoms with Crippen LogP contribution in [0.25, 0.3) is 0 Å². The number of aryl methyl sites for hydroxylation is 1. The van der Waals surface area contributed by atoms with E-state index >= 15 is 0 Å². The van der Waals surface area contributed by atoms with Crippen molar-refractivity contribution in [3.8, 4) is 0 Å². The molecule has 6 heteroatoms. The van der Waals surface area contributed by atoms with Crippen LogP contribution in [0.3, 0.4) is 0 Å². The van der Waals surface area contributed by atoms with Gasteiger partial charge in [-0.05, 0) is 32.0 Å². The number of nitro groups is 1. The van der Waals surface area contributed by atoms with Crippen LogP contribution in [0.1, 0.15) is 24.1 Å². The molecule has 110 valence electrons. The molecule has 4 nitrogen and oxygen atoms in total. The Morgan fingerprint density at radius 1 is 1.19 bits per heavy atom. The van der Waals surface area contributed by atoms with Crippen LogP contribution in [0.2, 0.25) is 0 Å². The van der Waals surface area contributed by atoms with Gasteiger partial charge in [-0.2, -0.15) is 0 Å². The minimum Gasteiger partial charge on any atom is -0.378 e. The molecule has 0 saturated heterocycles. The highest BCUT2D eigenvalue weighted by molar-refractivity contribution is 5.55. The quantitative estimate of drug-likeness (QED) is 0.673. The van der Waals surface area contributed by atoms with Crippen LogP contribution in [-0.4, -0.2) is 4.92 Å². The highest BCUT2D eigenvalue weighted by Gasteiger charge is 2.17. The molecule has 0 aromatic heterocycles. The second-order valence-corrected chi connectivity index (χ2v) is 4.76. The molecule has 1 atom stereocenters. The van der Waals surface area contributed by atoms with Gasteiger partial charge in [-0.15, -0.1) is 0 Å². The third-order valence-corrected chi connectivity index (χ3v) is 3.22. The minimum absolute atomic E-state index is 0.0406. The molecule has 2 aromatic carbocycles. The third-order valence-electron chi connectivity index (χ3n) is 3.22. The predicted molar refractivity (Wildman–Crippen MR) is 76.2 cm³/mol. The molecule has 0 spiro atoms. The van der Waals surface area contributed by atoms with Crippen LogP contribution in [0.4, 0.5) is 20.2 Å².